The van der Waals surface area contributed by atoms with Crippen molar-refractivity contribution in [1.82, 2.24) is 4.90 Å². The number of nitrogens with zero attached hydrogens (tertiary/aromatic N) is 1. The van der Waals surface area contributed by atoms with Gasteiger partial charge in [0.25, 0.3) is 5.91 Å². The quantitative estimate of drug-likeness (QED) is 0.863. The highest BCUT2D eigenvalue weighted by molar-refractivity contribution is 6.30. The Labute approximate surface area is 119 Å². The van der Waals surface area contributed by atoms with Crippen molar-refractivity contribution in [2.45, 2.75) is 19.4 Å². The third-order valence-electron chi connectivity index (χ3n) is 3.33. The van der Waals surface area contributed by atoms with Crippen molar-refractivity contribution in [3.05, 3.63) is 34.9 Å². The standard InChI is InChI=1S/C13H17ClN2O.ClH/c1-9-8-16(6-5-12(9)15)13(17)10-3-2-4-11(14)7-10;/h2-4,7,9,12H,5-6,8,15H2,1H3;1H. The Morgan fingerprint density at radius 2 is 2.22 bits per heavy atom. The normalized spacial score (nSPS) is 23.4. The Hall–Kier alpha value is -0.770. The molecule has 1 aromatic carbocycles. The second kappa shape index (κ2) is 6.41. The van der Waals surface area contributed by atoms with Gasteiger partial charge in [-0.1, -0.05) is 24.6 Å². The van der Waals surface area contributed by atoms with Crippen LogP contribution in [0.2, 0.25) is 5.02 Å². The molecule has 1 heterocycles. The fourth-order valence-corrected chi connectivity index (χ4v) is 2.34. The molecule has 2 atom stereocenters. The van der Waals surface area contributed by atoms with Gasteiger partial charge >= 0.3 is 0 Å². The summed E-state index contributed by atoms with van der Waals surface area (Å²) in [5.41, 5.74) is 6.60. The first-order chi connectivity index (χ1) is 8.08. The van der Waals surface area contributed by atoms with Crippen LogP contribution in [0.1, 0.15) is 23.7 Å². The number of nitrogens with two attached hydrogens (primary N) is 1. The maximum Gasteiger partial charge on any atom is 0.253 e. The average Bonchev–Trinajstić information content (AvgIpc) is 2.32. The third-order valence-corrected chi connectivity index (χ3v) is 3.57. The molecule has 0 saturated carbocycles. The van der Waals surface area contributed by atoms with Gasteiger partial charge in [-0.2, -0.15) is 0 Å². The highest BCUT2D eigenvalue weighted by Crippen LogP contribution is 2.19. The number of amides is 1. The van der Waals surface area contributed by atoms with Crippen molar-refractivity contribution in [3.8, 4) is 0 Å². The molecule has 1 saturated heterocycles. The summed E-state index contributed by atoms with van der Waals surface area (Å²) in [6.45, 7) is 3.55. The minimum absolute atomic E-state index is 0. The van der Waals surface area contributed by atoms with Gasteiger partial charge in [0.2, 0.25) is 0 Å². The van der Waals surface area contributed by atoms with Crippen molar-refractivity contribution in [2.75, 3.05) is 13.1 Å². The van der Waals surface area contributed by atoms with Gasteiger partial charge in [-0.3, -0.25) is 4.79 Å². The summed E-state index contributed by atoms with van der Waals surface area (Å²) in [4.78, 5) is 14.1. The van der Waals surface area contributed by atoms with Crippen molar-refractivity contribution >= 4 is 29.9 Å². The van der Waals surface area contributed by atoms with E-state index in [4.69, 9.17) is 17.3 Å². The smallest absolute Gasteiger partial charge is 0.253 e. The van der Waals surface area contributed by atoms with E-state index in [9.17, 15) is 4.79 Å². The molecule has 0 aliphatic carbocycles. The first-order valence-electron chi connectivity index (χ1n) is 5.88. The summed E-state index contributed by atoms with van der Waals surface area (Å²) in [6, 6.07) is 7.29. The Morgan fingerprint density at radius 1 is 1.50 bits per heavy atom. The predicted octanol–water partition coefficient (Wildman–Crippen LogP) is 2.57. The fourth-order valence-electron chi connectivity index (χ4n) is 2.15. The van der Waals surface area contributed by atoms with Crippen LogP contribution < -0.4 is 5.73 Å². The summed E-state index contributed by atoms with van der Waals surface area (Å²) in [5, 5.41) is 0.595. The first kappa shape index (κ1) is 15.3. The van der Waals surface area contributed by atoms with Crippen LogP contribution >= 0.6 is 24.0 Å². The minimum Gasteiger partial charge on any atom is -0.338 e. The molecule has 18 heavy (non-hydrogen) atoms. The van der Waals surface area contributed by atoms with E-state index in [-0.39, 0.29) is 24.4 Å². The minimum atomic E-state index is 0. The van der Waals surface area contributed by atoms with Crippen LogP contribution in [0.5, 0.6) is 0 Å². The third kappa shape index (κ3) is 3.37. The molecule has 0 bridgehead atoms. The van der Waals surface area contributed by atoms with Gasteiger partial charge < -0.3 is 10.6 Å². The lowest BCUT2D eigenvalue weighted by Gasteiger charge is -2.35. The number of carbonyl (C=O) groups excluding carboxylic acids is 1. The molecule has 0 aromatic heterocycles. The summed E-state index contributed by atoms with van der Waals surface area (Å²) in [5.74, 6) is 0.401. The van der Waals surface area contributed by atoms with Crippen molar-refractivity contribution in [1.29, 1.82) is 0 Å². The molecule has 1 aromatic rings. The number of halogens is 2. The van der Waals surface area contributed by atoms with Crippen molar-refractivity contribution in [3.63, 3.8) is 0 Å². The molecule has 2 unspecified atom stereocenters. The van der Waals surface area contributed by atoms with Gasteiger partial charge in [0.15, 0.2) is 0 Å². The van der Waals surface area contributed by atoms with Gasteiger partial charge in [0.05, 0.1) is 0 Å². The highest BCUT2D eigenvalue weighted by Gasteiger charge is 2.26. The first-order valence-corrected chi connectivity index (χ1v) is 6.26. The molecule has 0 spiro atoms. The van der Waals surface area contributed by atoms with E-state index in [1.54, 1.807) is 24.3 Å². The summed E-state index contributed by atoms with van der Waals surface area (Å²) < 4.78 is 0. The summed E-state index contributed by atoms with van der Waals surface area (Å²) in [7, 11) is 0. The van der Waals surface area contributed by atoms with E-state index < -0.39 is 0 Å². The van der Waals surface area contributed by atoms with Crippen LogP contribution in [0.15, 0.2) is 24.3 Å². The number of piperidine rings is 1. The number of hydrogen-bond donors (Lipinski definition) is 1. The lowest BCUT2D eigenvalue weighted by Crippen LogP contribution is -2.48. The molecule has 1 aliphatic rings. The fraction of sp³-hybridized carbons (Fsp3) is 0.462. The molecule has 2 rings (SSSR count). The number of rotatable bonds is 1. The maximum absolute atomic E-state index is 12.2. The van der Waals surface area contributed by atoms with E-state index in [0.717, 1.165) is 19.5 Å². The monoisotopic (exact) mass is 288 g/mol. The van der Waals surface area contributed by atoms with Crippen LogP contribution in [0.4, 0.5) is 0 Å². The van der Waals surface area contributed by atoms with E-state index in [2.05, 4.69) is 6.92 Å². The Morgan fingerprint density at radius 3 is 2.83 bits per heavy atom. The SMILES string of the molecule is CC1CN(C(=O)c2cccc(Cl)c2)CCC1N.Cl. The number of hydrogen-bond acceptors (Lipinski definition) is 2. The second-order valence-electron chi connectivity index (χ2n) is 4.69. The average molecular weight is 289 g/mol. The zero-order valence-electron chi connectivity index (χ0n) is 10.3. The molecule has 3 nitrogen and oxygen atoms in total. The predicted molar refractivity (Wildman–Crippen MR) is 76.4 cm³/mol. The van der Waals surface area contributed by atoms with E-state index in [1.165, 1.54) is 0 Å². The molecular formula is C13H18Cl2N2O. The Balaban J connectivity index is 0.00000162. The molecule has 1 amide bonds. The van der Waals surface area contributed by atoms with Gasteiger partial charge in [-0.15, -0.1) is 12.4 Å². The summed E-state index contributed by atoms with van der Waals surface area (Å²) >= 11 is 5.89. The van der Waals surface area contributed by atoms with Gasteiger partial charge in [-0.25, -0.2) is 0 Å². The second-order valence-corrected chi connectivity index (χ2v) is 5.13. The lowest BCUT2D eigenvalue weighted by molar-refractivity contribution is 0.0664. The molecule has 0 radical (unpaired) electrons. The topological polar surface area (TPSA) is 46.3 Å². The van der Waals surface area contributed by atoms with Crippen LogP contribution in [-0.2, 0) is 0 Å². The molecule has 100 valence electrons. The van der Waals surface area contributed by atoms with Crippen LogP contribution in [-0.4, -0.2) is 29.9 Å². The summed E-state index contributed by atoms with van der Waals surface area (Å²) in [6.07, 6.45) is 0.869. The Kier molecular flexibility index (Phi) is 5.45. The van der Waals surface area contributed by atoms with Crippen LogP contribution in [0.25, 0.3) is 0 Å². The van der Waals surface area contributed by atoms with E-state index in [0.29, 0.717) is 16.5 Å². The zero-order chi connectivity index (χ0) is 12.4. The van der Waals surface area contributed by atoms with Crippen molar-refractivity contribution < 1.29 is 4.79 Å². The number of carbonyl (C=O) groups is 1. The largest absolute Gasteiger partial charge is 0.338 e. The molecule has 1 aliphatic heterocycles. The Bertz CT molecular complexity index is 425. The van der Waals surface area contributed by atoms with E-state index >= 15 is 0 Å². The zero-order valence-corrected chi connectivity index (χ0v) is 11.9. The number of likely N-dealkylation sites (tertiary alicyclic amines) is 1. The number of benzene rings is 1. The molecule has 1 fully saturated rings. The van der Waals surface area contributed by atoms with Crippen LogP contribution in [0, 0.1) is 5.92 Å². The maximum atomic E-state index is 12.2. The van der Waals surface area contributed by atoms with Gasteiger partial charge in [-0.05, 0) is 30.5 Å². The molecular weight excluding hydrogens is 271 g/mol. The molecule has 5 heteroatoms. The van der Waals surface area contributed by atoms with Gasteiger partial charge in [0.1, 0.15) is 0 Å². The lowest BCUT2D eigenvalue weighted by atomic mass is 9.94. The molecule has 2 N–H and O–H groups in total. The van der Waals surface area contributed by atoms with E-state index in [1.807, 2.05) is 4.90 Å². The van der Waals surface area contributed by atoms with Gasteiger partial charge in [0, 0.05) is 29.7 Å². The van der Waals surface area contributed by atoms with Crippen LogP contribution in [0.3, 0.4) is 0 Å². The highest BCUT2D eigenvalue weighted by atomic mass is 35.5. The van der Waals surface area contributed by atoms with Crippen molar-refractivity contribution in [2.24, 2.45) is 11.7 Å².